The highest BCUT2D eigenvalue weighted by molar-refractivity contribution is 4.81. The summed E-state index contributed by atoms with van der Waals surface area (Å²) in [6, 6.07) is 0. The van der Waals surface area contributed by atoms with Gasteiger partial charge in [0.1, 0.15) is 12.4 Å². The summed E-state index contributed by atoms with van der Waals surface area (Å²) in [7, 11) is 0. The highest BCUT2D eigenvalue weighted by Crippen LogP contribution is 2.35. The van der Waals surface area contributed by atoms with Crippen LogP contribution in [0.1, 0.15) is 72.6 Å². The van der Waals surface area contributed by atoms with Gasteiger partial charge < -0.3 is 9.47 Å². The Morgan fingerprint density at radius 1 is 1.20 bits per heavy atom. The third kappa shape index (κ3) is 7.10. The predicted octanol–water partition coefficient (Wildman–Crippen LogP) is 4.76. The van der Waals surface area contributed by atoms with E-state index < -0.39 is 0 Å². The average molecular weight is 352 g/mol. The molecule has 1 aliphatic carbocycles. The van der Waals surface area contributed by atoms with Gasteiger partial charge in [0, 0.05) is 0 Å². The second kappa shape index (κ2) is 11.0. The van der Waals surface area contributed by atoms with Crippen LogP contribution in [0.5, 0.6) is 0 Å². The summed E-state index contributed by atoms with van der Waals surface area (Å²) in [5.74, 6) is 2.19. The molecule has 0 amide bonds. The molecule has 25 heavy (non-hydrogen) atoms. The summed E-state index contributed by atoms with van der Waals surface area (Å²) in [4.78, 5) is 0. The molecule has 1 aliphatic rings. The Labute approximate surface area is 154 Å². The van der Waals surface area contributed by atoms with Crippen molar-refractivity contribution in [2.45, 2.75) is 92.2 Å². The minimum atomic E-state index is 0.398. The molecule has 1 saturated carbocycles. The third-order valence-electron chi connectivity index (χ3n) is 5.53. The van der Waals surface area contributed by atoms with Gasteiger partial charge in [-0.3, -0.25) is 0 Å². The average Bonchev–Trinajstić information content (AvgIpc) is 3.04. The number of aromatic nitrogens is 2. The van der Waals surface area contributed by atoms with Crippen molar-refractivity contribution in [1.82, 2.24) is 4.57 Å². The molecule has 2 rings (SSSR count). The van der Waals surface area contributed by atoms with E-state index in [1.165, 1.54) is 38.5 Å². The first-order valence-corrected chi connectivity index (χ1v) is 10.3. The second-order valence-corrected chi connectivity index (χ2v) is 8.20. The van der Waals surface area contributed by atoms with Crippen LogP contribution in [-0.4, -0.2) is 17.3 Å². The Balaban J connectivity index is 1.71. The normalized spacial score (nSPS) is 24.1. The number of unbranched alkanes of at least 4 members (excludes halogenated alkanes) is 3. The molecule has 0 radical (unpaired) electrons. The topological polar surface area (TPSA) is 27.3 Å². The first-order chi connectivity index (χ1) is 12.1. The van der Waals surface area contributed by atoms with Crippen molar-refractivity contribution in [2.24, 2.45) is 17.8 Å². The summed E-state index contributed by atoms with van der Waals surface area (Å²) in [5.41, 5.74) is 0. The summed E-state index contributed by atoms with van der Waals surface area (Å²) in [5, 5.41) is 0. The van der Waals surface area contributed by atoms with Crippen LogP contribution < -0.4 is 4.57 Å². The zero-order valence-corrected chi connectivity index (χ0v) is 16.8. The Morgan fingerprint density at radius 2 is 2.04 bits per heavy atom. The first-order valence-electron chi connectivity index (χ1n) is 10.3. The van der Waals surface area contributed by atoms with Crippen molar-refractivity contribution < 1.29 is 14.0 Å². The minimum Gasteiger partial charge on any atom is -0.342 e. The third-order valence-corrected chi connectivity index (χ3v) is 5.53. The van der Waals surface area contributed by atoms with E-state index in [1.54, 1.807) is 0 Å². The van der Waals surface area contributed by atoms with Crippen LogP contribution in [0.4, 0.5) is 0 Å². The van der Waals surface area contributed by atoms with Gasteiger partial charge in [0.05, 0.1) is 12.7 Å². The molecule has 144 valence electrons. The number of hydrogen-bond donors (Lipinski definition) is 0. The highest BCUT2D eigenvalue weighted by Gasteiger charge is 2.31. The van der Waals surface area contributed by atoms with Gasteiger partial charge in [-0.1, -0.05) is 53.4 Å². The SMILES string of the molecule is CCCCCCOC[n+]1ccn(CO[C@@H]2C[C@H](C)CC[C@H]2C(C)C)c1. The standard InChI is InChI=1S/C21H39N2O2/c1-5-6-7-8-13-24-16-22-11-12-23(15-22)17-25-21-14-19(4)9-10-20(21)18(2)3/h11-12,15,18-21H,5-10,13-14,16-17H2,1-4H3/q+1/t19-,20+,21-/m1/s1. The van der Waals surface area contributed by atoms with Crippen LogP contribution in [0.25, 0.3) is 0 Å². The van der Waals surface area contributed by atoms with E-state index >= 15 is 0 Å². The van der Waals surface area contributed by atoms with Gasteiger partial charge in [0.2, 0.25) is 6.33 Å². The summed E-state index contributed by atoms with van der Waals surface area (Å²) >= 11 is 0. The zero-order chi connectivity index (χ0) is 18.1. The van der Waals surface area contributed by atoms with Gasteiger partial charge in [-0.25, -0.2) is 9.13 Å². The number of ether oxygens (including phenoxy) is 2. The molecular weight excluding hydrogens is 312 g/mol. The van der Waals surface area contributed by atoms with Crippen molar-refractivity contribution in [3.8, 4) is 0 Å². The first kappa shape index (κ1) is 20.4. The van der Waals surface area contributed by atoms with Crippen molar-refractivity contribution >= 4 is 0 Å². The molecule has 3 atom stereocenters. The van der Waals surface area contributed by atoms with Crippen LogP contribution in [0.2, 0.25) is 0 Å². The van der Waals surface area contributed by atoms with Crippen LogP contribution in [0.3, 0.4) is 0 Å². The Kier molecular flexibility index (Phi) is 8.97. The second-order valence-electron chi connectivity index (χ2n) is 8.20. The smallest absolute Gasteiger partial charge is 0.247 e. The molecule has 0 aromatic carbocycles. The zero-order valence-electron chi connectivity index (χ0n) is 16.8. The Hall–Kier alpha value is -0.870. The molecule has 1 heterocycles. The maximum absolute atomic E-state index is 6.31. The largest absolute Gasteiger partial charge is 0.342 e. The molecule has 1 fully saturated rings. The van der Waals surface area contributed by atoms with Crippen molar-refractivity contribution in [3.05, 3.63) is 18.7 Å². The van der Waals surface area contributed by atoms with Gasteiger partial charge >= 0.3 is 0 Å². The van der Waals surface area contributed by atoms with Crippen LogP contribution in [-0.2, 0) is 22.9 Å². The lowest BCUT2D eigenvalue weighted by Crippen LogP contribution is -2.35. The number of nitrogens with zero attached hydrogens (tertiary/aromatic N) is 2. The Bertz CT molecular complexity index is 472. The summed E-state index contributed by atoms with van der Waals surface area (Å²) < 4.78 is 16.3. The van der Waals surface area contributed by atoms with E-state index in [1.807, 2.05) is 0 Å². The maximum Gasteiger partial charge on any atom is 0.247 e. The van der Waals surface area contributed by atoms with Crippen LogP contribution >= 0.6 is 0 Å². The number of rotatable bonds is 11. The van der Waals surface area contributed by atoms with Crippen molar-refractivity contribution in [1.29, 1.82) is 0 Å². The minimum absolute atomic E-state index is 0.398. The van der Waals surface area contributed by atoms with E-state index in [0.29, 0.717) is 31.4 Å². The molecule has 0 N–H and O–H groups in total. The molecule has 0 aliphatic heterocycles. The van der Waals surface area contributed by atoms with E-state index in [9.17, 15) is 0 Å². The molecule has 1 aromatic heterocycles. The molecule has 0 saturated heterocycles. The van der Waals surface area contributed by atoms with E-state index in [2.05, 4.69) is 55.6 Å². The van der Waals surface area contributed by atoms with Gasteiger partial charge in [-0.2, -0.15) is 0 Å². The van der Waals surface area contributed by atoms with E-state index in [0.717, 1.165) is 18.9 Å². The monoisotopic (exact) mass is 351 g/mol. The molecule has 0 bridgehead atoms. The number of imidazole rings is 1. The fourth-order valence-corrected chi connectivity index (χ4v) is 3.88. The van der Waals surface area contributed by atoms with Gasteiger partial charge in [0.25, 0.3) is 0 Å². The summed E-state index contributed by atoms with van der Waals surface area (Å²) in [6.07, 6.45) is 15.5. The maximum atomic E-state index is 6.31. The van der Waals surface area contributed by atoms with Crippen molar-refractivity contribution in [3.63, 3.8) is 0 Å². The van der Waals surface area contributed by atoms with Gasteiger partial charge in [-0.05, 0) is 37.0 Å². The molecular formula is C21H39N2O2+. The van der Waals surface area contributed by atoms with E-state index in [-0.39, 0.29) is 0 Å². The fourth-order valence-electron chi connectivity index (χ4n) is 3.88. The molecule has 4 heteroatoms. The summed E-state index contributed by atoms with van der Waals surface area (Å²) in [6.45, 7) is 11.4. The lowest BCUT2D eigenvalue weighted by Gasteiger charge is -2.36. The van der Waals surface area contributed by atoms with Gasteiger partial charge in [-0.15, -0.1) is 0 Å². The molecule has 4 nitrogen and oxygen atoms in total. The van der Waals surface area contributed by atoms with Crippen LogP contribution in [0, 0.1) is 17.8 Å². The van der Waals surface area contributed by atoms with E-state index in [4.69, 9.17) is 9.47 Å². The molecule has 0 spiro atoms. The number of hydrogen-bond acceptors (Lipinski definition) is 2. The lowest BCUT2D eigenvalue weighted by atomic mass is 9.75. The lowest BCUT2D eigenvalue weighted by molar-refractivity contribution is -0.732. The van der Waals surface area contributed by atoms with Crippen molar-refractivity contribution in [2.75, 3.05) is 6.61 Å². The highest BCUT2D eigenvalue weighted by atomic mass is 16.5. The molecule has 0 unspecified atom stereocenters. The predicted molar refractivity (Wildman–Crippen MR) is 101 cm³/mol. The fraction of sp³-hybridized carbons (Fsp3) is 0.857. The Morgan fingerprint density at radius 3 is 2.80 bits per heavy atom. The van der Waals surface area contributed by atoms with Gasteiger partial charge in [0.15, 0.2) is 13.5 Å². The molecule has 1 aromatic rings. The van der Waals surface area contributed by atoms with Crippen LogP contribution in [0.15, 0.2) is 18.7 Å². The quantitative estimate of drug-likeness (QED) is 0.424.